The van der Waals surface area contributed by atoms with E-state index in [0.29, 0.717) is 29.9 Å². The molecule has 0 aliphatic carbocycles. The van der Waals surface area contributed by atoms with Gasteiger partial charge in [-0.05, 0) is 13.0 Å². The first-order chi connectivity index (χ1) is 11.2. The standard InChI is InChI=1S/C14H13F3N6O/c1-13(24,14(15,16)17)10-7-23-9(5-21-11(23)6-20-10)8-3-4-19-12(18-2)22-8/h3-7,24H,1-2H3,(H,18,19,22). The molecule has 0 saturated carbocycles. The van der Waals surface area contributed by atoms with Crippen LogP contribution in [0.1, 0.15) is 12.6 Å². The number of anilines is 1. The first-order valence-electron chi connectivity index (χ1n) is 6.88. The van der Waals surface area contributed by atoms with E-state index in [1.807, 2.05) is 0 Å². The van der Waals surface area contributed by atoms with Crippen molar-refractivity contribution in [3.63, 3.8) is 0 Å². The fourth-order valence-corrected chi connectivity index (χ4v) is 2.10. The van der Waals surface area contributed by atoms with Crippen LogP contribution < -0.4 is 5.32 Å². The maximum atomic E-state index is 13.0. The Morgan fingerprint density at radius 3 is 2.58 bits per heavy atom. The highest BCUT2D eigenvalue weighted by atomic mass is 19.4. The number of aliphatic hydroxyl groups is 1. The molecule has 0 aliphatic heterocycles. The van der Waals surface area contributed by atoms with Crippen LogP contribution in [0.3, 0.4) is 0 Å². The zero-order chi connectivity index (χ0) is 17.5. The van der Waals surface area contributed by atoms with E-state index in [1.54, 1.807) is 13.1 Å². The Kier molecular flexibility index (Phi) is 3.63. The largest absolute Gasteiger partial charge is 0.422 e. The zero-order valence-electron chi connectivity index (χ0n) is 12.7. The molecule has 1 atom stereocenters. The van der Waals surface area contributed by atoms with Gasteiger partial charge in [0.05, 0.1) is 29.5 Å². The first kappa shape index (κ1) is 16.1. The first-order valence-corrected chi connectivity index (χ1v) is 6.88. The zero-order valence-corrected chi connectivity index (χ0v) is 12.7. The van der Waals surface area contributed by atoms with Gasteiger partial charge in [-0.25, -0.2) is 15.0 Å². The topological polar surface area (TPSA) is 88.2 Å². The Bertz CT molecular complexity index is 890. The Labute approximate surface area is 134 Å². The number of halogens is 3. The lowest BCUT2D eigenvalue weighted by molar-refractivity contribution is -0.260. The maximum absolute atomic E-state index is 13.0. The average molecular weight is 338 g/mol. The molecule has 1 unspecified atom stereocenters. The molecule has 3 heterocycles. The molecule has 0 spiro atoms. The number of hydrogen-bond donors (Lipinski definition) is 2. The van der Waals surface area contributed by atoms with E-state index in [-0.39, 0.29) is 0 Å². The van der Waals surface area contributed by atoms with Crippen molar-refractivity contribution in [1.29, 1.82) is 0 Å². The number of imidazole rings is 1. The maximum Gasteiger partial charge on any atom is 0.422 e. The van der Waals surface area contributed by atoms with Crippen LogP contribution in [0, 0.1) is 0 Å². The van der Waals surface area contributed by atoms with Crippen molar-refractivity contribution in [3.8, 4) is 11.4 Å². The predicted molar refractivity (Wildman–Crippen MR) is 79.2 cm³/mol. The smallest absolute Gasteiger partial charge is 0.375 e. The summed E-state index contributed by atoms with van der Waals surface area (Å²) in [6.07, 6.45) is 0.389. The van der Waals surface area contributed by atoms with Crippen LogP contribution in [0.2, 0.25) is 0 Å². The monoisotopic (exact) mass is 338 g/mol. The molecule has 126 valence electrons. The molecule has 7 nitrogen and oxygen atoms in total. The van der Waals surface area contributed by atoms with Crippen LogP contribution in [0.25, 0.3) is 17.0 Å². The Balaban J connectivity index is 2.16. The highest BCUT2D eigenvalue weighted by Crippen LogP contribution is 2.37. The van der Waals surface area contributed by atoms with Gasteiger partial charge in [-0.1, -0.05) is 0 Å². The van der Waals surface area contributed by atoms with Gasteiger partial charge in [0.15, 0.2) is 5.65 Å². The van der Waals surface area contributed by atoms with Gasteiger partial charge in [0.25, 0.3) is 0 Å². The normalized spacial score (nSPS) is 14.6. The minimum absolute atomic E-state index is 0.330. The summed E-state index contributed by atoms with van der Waals surface area (Å²) in [5.74, 6) is 0.360. The Morgan fingerprint density at radius 1 is 1.17 bits per heavy atom. The quantitative estimate of drug-likeness (QED) is 0.759. The van der Waals surface area contributed by atoms with Gasteiger partial charge in [0, 0.05) is 19.4 Å². The molecule has 10 heteroatoms. The van der Waals surface area contributed by atoms with E-state index < -0.39 is 17.5 Å². The van der Waals surface area contributed by atoms with Gasteiger partial charge >= 0.3 is 6.18 Å². The fourth-order valence-electron chi connectivity index (χ4n) is 2.10. The number of nitrogens with zero attached hydrogens (tertiary/aromatic N) is 5. The summed E-state index contributed by atoms with van der Waals surface area (Å²) < 4.78 is 40.5. The molecule has 0 radical (unpaired) electrons. The van der Waals surface area contributed by atoms with E-state index in [0.717, 1.165) is 6.20 Å². The van der Waals surface area contributed by atoms with Gasteiger partial charge in [0.1, 0.15) is 0 Å². The second kappa shape index (κ2) is 5.41. The number of fused-ring (bicyclic) bond motifs is 1. The predicted octanol–water partition coefficient (Wildman–Crippen LogP) is 2.00. The Hall–Kier alpha value is -2.75. The average Bonchev–Trinajstić information content (AvgIpc) is 2.97. The van der Waals surface area contributed by atoms with Crippen LogP contribution in [0.15, 0.2) is 30.9 Å². The minimum Gasteiger partial charge on any atom is -0.375 e. The van der Waals surface area contributed by atoms with E-state index in [4.69, 9.17) is 0 Å². The highest BCUT2D eigenvalue weighted by molar-refractivity contribution is 5.60. The van der Waals surface area contributed by atoms with Crippen molar-refractivity contribution in [2.75, 3.05) is 12.4 Å². The third-order valence-electron chi connectivity index (χ3n) is 3.59. The summed E-state index contributed by atoms with van der Waals surface area (Å²) in [5, 5.41) is 12.6. The molecule has 3 aromatic rings. The molecule has 3 rings (SSSR count). The number of nitrogens with one attached hydrogen (secondary N) is 1. The summed E-state index contributed by atoms with van der Waals surface area (Å²) in [6.45, 7) is 0.654. The molecule has 24 heavy (non-hydrogen) atoms. The van der Waals surface area contributed by atoms with Crippen molar-refractivity contribution >= 4 is 11.6 Å². The van der Waals surface area contributed by atoms with Crippen LogP contribution >= 0.6 is 0 Å². The summed E-state index contributed by atoms with van der Waals surface area (Å²) in [5.41, 5.74) is -2.37. The fraction of sp³-hybridized carbons (Fsp3) is 0.286. The second-order valence-corrected chi connectivity index (χ2v) is 5.23. The minimum atomic E-state index is -4.86. The van der Waals surface area contributed by atoms with Gasteiger partial charge in [0.2, 0.25) is 11.5 Å². The summed E-state index contributed by atoms with van der Waals surface area (Å²) in [6, 6.07) is 1.60. The molecule has 3 aromatic heterocycles. The number of hydrogen-bond acceptors (Lipinski definition) is 6. The molecule has 0 aliphatic rings. The lowest BCUT2D eigenvalue weighted by Gasteiger charge is -2.25. The molecule has 0 saturated heterocycles. The van der Waals surface area contributed by atoms with Crippen LogP contribution in [-0.4, -0.2) is 42.7 Å². The molecular weight excluding hydrogens is 325 g/mol. The molecule has 0 aromatic carbocycles. The van der Waals surface area contributed by atoms with E-state index >= 15 is 0 Å². The van der Waals surface area contributed by atoms with Crippen molar-refractivity contribution in [2.45, 2.75) is 18.7 Å². The molecule has 0 bridgehead atoms. The lowest BCUT2D eigenvalue weighted by atomic mass is 10.0. The highest BCUT2D eigenvalue weighted by Gasteiger charge is 2.52. The molecule has 0 amide bonds. The summed E-state index contributed by atoms with van der Waals surface area (Å²) in [7, 11) is 1.65. The van der Waals surface area contributed by atoms with Crippen LogP contribution in [-0.2, 0) is 5.60 Å². The Morgan fingerprint density at radius 2 is 1.92 bits per heavy atom. The summed E-state index contributed by atoms with van der Waals surface area (Å²) >= 11 is 0. The third-order valence-corrected chi connectivity index (χ3v) is 3.59. The molecular formula is C14H13F3N6O. The lowest BCUT2D eigenvalue weighted by Crippen LogP contribution is -2.40. The van der Waals surface area contributed by atoms with Crippen molar-refractivity contribution < 1.29 is 18.3 Å². The van der Waals surface area contributed by atoms with Gasteiger partial charge in [-0.15, -0.1) is 0 Å². The van der Waals surface area contributed by atoms with Crippen molar-refractivity contribution in [3.05, 3.63) is 36.5 Å². The van der Waals surface area contributed by atoms with Crippen LogP contribution in [0.5, 0.6) is 0 Å². The van der Waals surface area contributed by atoms with E-state index in [2.05, 4.69) is 25.3 Å². The van der Waals surface area contributed by atoms with Gasteiger partial charge in [-0.2, -0.15) is 13.2 Å². The van der Waals surface area contributed by atoms with E-state index in [9.17, 15) is 18.3 Å². The molecule has 2 N–H and O–H groups in total. The summed E-state index contributed by atoms with van der Waals surface area (Å²) in [4.78, 5) is 16.0. The van der Waals surface area contributed by atoms with Crippen LogP contribution in [0.4, 0.5) is 19.1 Å². The second-order valence-electron chi connectivity index (χ2n) is 5.23. The number of alkyl halides is 3. The van der Waals surface area contributed by atoms with Gasteiger partial charge < -0.3 is 10.4 Å². The van der Waals surface area contributed by atoms with Gasteiger partial charge in [-0.3, -0.25) is 9.38 Å². The van der Waals surface area contributed by atoms with Crippen molar-refractivity contribution in [2.24, 2.45) is 0 Å². The third kappa shape index (κ3) is 2.54. The SMILES string of the molecule is CNc1nccc(-c2cnc3cnc(C(C)(O)C(F)(F)F)cn23)n1. The van der Waals surface area contributed by atoms with Crippen molar-refractivity contribution in [1.82, 2.24) is 24.3 Å². The number of aromatic nitrogens is 5. The number of rotatable bonds is 3. The molecule has 0 fully saturated rings. The van der Waals surface area contributed by atoms with E-state index in [1.165, 1.54) is 23.0 Å².